The molecule has 0 saturated heterocycles. The highest BCUT2D eigenvalue weighted by Crippen LogP contribution is 2.48. The van der Waals surface area contributed by atoms with Crippen LogP contribution < -0.4 is 10.5 Å². The molecule has 2 saturated carbocycles. The molecule has 4 unspecified atom stereocenters. The first-order chi connectivity index (χ1) is 9.61. The fourth-order valence-electron chi connectivity index (χ4n) is 3.97. The molecule has 2 N–H and O–H groups in total. The van der Waals surface area contributed by atoms with Gasteiger partial charge < -0.3 is 10.5 Å². The number of fused-ring (bicyclic) bond motifs is 2. The maximum Gasteiger partial charge on any atom is 0.122 e. The minimum absolute atomic E-state index is 0.123. The van der Waals surface area contributed by atoms with Crippen LogP contribution in [0.25, 0.3) is 0 Å². The third-order valence-corrected chi connectivity index (χ3v) is 5.14. The molecule has 1 aromatic carbocycles. The van der Waals surface area contributed by atoms with E-state index in [9.17, 15) is 0 Å². The van der Waals surface area contributed by atoms with Crippen LogP contribution in [0, 0.1) is 17.8 Å². The lowest BCUT2D eigenvalue weighted by Gasteiger charge is -2.23. The number of hydrogen-bond donors (Lipinski definition) is 1. The number of halogens is 1. The Bertz CT molecular complexity index is 474. The van der Waals surface area contributed by atoms with E-state index < -0.39 is 0 Å². The molecule has 2 bridgehead atoms. The molecule has 0 radical (unpaired) electrons. The van der Waals surface area contributed by atoms with E-state index in [0.717, 1.165) is 47.1 Å². The molecular weight excluding hydrogens is 270 g/mol. The van der Waals surface area contributed by atoms with Crippen LogP contribution in [0.2, 0.25) is 5.02 Å². The summed E-state index contributed by atoms with van der Waals surface area (Å²) in [5.74, 6) is 3.61. The molecule has 4 atom stereocenters. The second-order valence-electron chi connectivity index (χ2n) is 6.68. The summed E-state index contributed by atoms with van der Waals surface area (Å²) in [6.45, 7) is 2.87. The molecule has 1 aromatic rings. The van der Waals surface area contributed by atoms with Crippen molar-refractivity contribution in [3.63, 3.8) is 0 Å². The molecule has 0 aromatic heterocycles. The predicted molar refractivity (Wildman–Crippen MR) is 83.2 cm³/mol. The van der Waals surface area contributed by atoms with Crippen LogP contribution in [0.15, 0.2) is 18.2 Å². The van der Waals surface area contributed by atoms with Crippen molar-refractivity contribution in [1.82, 2.24) is 0 Å². The van der Waals surface area contributed by atoms with Gasteiger partial charge in [-0.3, -0.25) is 0 Å². The van der Waals surface area contributed by atoms with E-state index >= 15 is 0 Å². The summed E-state index contributed by atoms with van der Waals surface area (Å²) in [7, 11) is 0. The molecule has 0 amide bonds. The zero-order valence-corrected chi connectivity index (χ0v) is 12.9. The molecule has 0 aliphatic heterocycles. The zero-order valence-electron chi connectivity index (χ0n) is 12.1. The molecule has 2 nitrogen and oxygen atoms in total. The van der Waals surface area contributed by atoms with Gasteiger partial charge in [0.2, 0.25) is 0 Å². The Kier molecular flexibility index (Phi) is 4.23. The first kappa shape index (κ1) is 14.2. The fourth-order valence-corrected chi connectivity index (χ4v) is 4.17. The highest BCUT2D eigenvalue weighted by molar-refractivity contribution is 6.30. The average molecular weight is 294 g/mol. The van der Waals surface area contributed by atoms with Crippen molar-refractivity contribution in [2.24, 2.45) is 23.5 Å². The van der Waals surface area contributed by atoms with Crippen LogP contribution in [-0.2, 0) is 6.42 Å². The Morgan fingerprint density at radius 3 is 2.85 bits per heavy atom. The van der Waals surface area contributed by atoms with Crippen molar-refractivity contribution in [2.75, 3.05) is 6.61 Å². The van der Waals surface area contributed by atoms with Crippen molar-refractivity contribution >= 4 is 11.6 Å². The van der Waals surface area contributed by atoms with Crippen molar-refractivity contribution in [2.45, 2.75) is 45.1 Å². The van der Waals surface area contributed by atoms with Gasteiger partial charge in [0.1, 0.15) is 5.75 Å². The topological polar surface area (TPSA) is 35.2 Å². The summed E-state index contributed by atoms with van der Waals surface area (Å²) in [6, 6.07) is 6.01. The van der Waals surface area contributed by atoms with Gasteiger partial charge in [-0.1, -0.05) is 18.0 Å². The number of hydrogen-bond acceptors (Lipinski definition) is 2. The normalized spacial score (nSPS) is 29.6. The number of rotatable bonds is 5. The lowest BCUT2D eigenvalue weighted by molar-refractivity contribution is 0.194. The van der Waals surface area contributed by atoms with Crippen LogP contribution in [0.3, 0.4) is 0 Å². The Morgan fingerprint density at radius 2 is 2.20 bits per heavy atom. The Balaban J connectivity index is 1.64. The summed E-state index contributed by atoms with van der Waals surface area (Å²) < 4.78 is 6.12. The van der Waals surface area contributed by atoms with Gasteiger partial charge in [-0.25, -0.2) is 0 Å². The third-order valence-electron chi connectivity index (χ3n) is 4.90. The maximum absolute atomic E-state index is 6.12. The predicted octanol–water partition coefficient (Wildman–Crippen LogP) is 4.04. The molecule has 110 valence electrons. The van der Waals surface area contributed by atoms with Crippen LogP contribution >= 0.6 is 11.6 Å². The van der Waals surface area contributed by atoms with Gasteiger partial charge in [0.25, 0.3) is 0 Å². The van der Waals surface area contributed by atoms with Gasteiger partial charge >= 0.3 is 0 Å². The van der Waals surface area contributed by atoms with E-state index in [1.165, 1.54) is 25.7 Å². The smallest absolute Gasteiger partial charge is 0.122 e. The summed E-state index contributed by atoms with van der Waals surface area (Å²) in [6.07, 6.45) is 6.46. The van der Waals surface area contributed by atoms with Gasteiger partial charge in [0.15, 0.2) is 0 Å². The van der Waals surface area contributed by atoms with E-state index in [0.29, 0.717) is 0 Å². The molecule has 20 heavy (non-hydrogen) atoms. The highest BCUT2D eigenvalue weighted by Gasteiger charge is 2.39. The SMILES string of the molecule is CC(N)Cc1cc(Cl)ccc1OCC1CC2CCC1C2. The first-order valence-electron chi connectivity index (χ1n) is 7.78. The van der Waals surface area contributed by atoms with Gasteiger partial charge in [0, 0.05) is 11.1 Å². The van der Waals surface area contributed by atoms with E-state index in [-0.39, 0.29) is 6.04 Å². The van der Waals surface area contributed by atoms with E-state index in [1.54, 1.807) is 0 Å². The minimum Gasteiger partial charge on any atom is -0.493 e. The lowest BCUT2D eigenvalue weighted by atomic mass is 9.89. The third kappa shape index (κ3) is 3.12. The standard InChI is InChI=1S/C17H24ClNO/c1-11(19)6-14-9-16(18)4-5-17(14)20-10-15-8-12-2-3-13(15)7-12/h4-5,9,11-13,15H,2-3,6-8,10,19H2,1H3. The fraction of sp³-hybridized carbons (Fsp3) is 0.647. The van der Waals surface area contributed by atoms with Gasteiger partial charge in [0.05, 0.1) is 6.61 Å². The quantitative estimate of drug-likeness (QED) is 0.889. The minimum atomic E-state index is 0.123. The van der Waals surface area contributed by atoms with Gasteiger partial charge in [-0.15, -0.1) is 0 Å². The van der Waals surface area contributed by atoms with Gasteiger partial charge in [-0.2, -0.15) is 0 Å². The molecule has 0 heterocycles. The Labute approximate surface area is 126 Å². The molecule has 2 aliphatic rings. The van der Waals surface area contributed by atoms with E-state index in [2.05, 4.69) is 0 Å². The second-order valence-corrected chi connectivity index (χ2v) is 7.12. The molecule has 2 fully saturated rings. The van der Waals surface area contributed by atoms with Crippen molar-refractivity contribution in [3.8, 4) is 5.75 Å². The summed E-state index contributed by atoms with van der Waals surface area (Å²) >= 11 is 6.08. The van der Waals surface area contributed by atoms with Crippen LogP contribution in [-0.4, -0.2) is 12.6 Å². The molecule has 3 rings (SSSR count). The van der Waals surface area contributed by atoms with E-state index in [4.69, 9.17) is 22.1 Å². The van der Waals surface area contributed by atoms with Crippen LogP contribution in [0.4, 0.5) is 0 Å². The monoisotopic (exact) mass is 293 g/mol. The number of ether oxygens (including phenoxy) is 1. The Hall–Kier alpha value is -0.730. The van der Waals surface area contributed by atoms with Crippen molar-refractivity contribution in [1.29, 1.82) is 0 Å². The first-order valence-corrected chi connectivity index (χ1v) is 8.16. The molecule has 2 aliphatic carbocycles. The largest absolute Gasteiger partial charge is 0.493 e. The second kappa shape index (κ2) is 5.95. The van der Waals surface area contributed by atoms with Crippen LogP contribution in [0.1, 0.15) is 38.2 Å². The van der Waals surface area contributed by atoms with Gasteiger partial charge in [-0.05, 0) is 74.1 Å². The zero-order chi connectivity index (χ0) is 14.1. The molecule has 0 spiro atoms. The molecule has 3 heteroatoms. The van der Waals surface area contributed by atoms with Crippen LogP contribution in [0.5, 0.6) is 5.75 Å². The highest BCUT2D eigenvalue weighted by atomic mass is 35.5. The maximum atomic E-state index is 6.12. The Morgan fingerprint density at radius 1 is 1.35 bits per heavy atom. The average Bonchev–Trinajstić information content (AvgIpc) is 2.99. The summed E-state index contributed by atoms with van der Waals surface area (Å²) in [4.78, 5) is 0. The molecular formula is C17H24ClNO. The summed E-state index contributed by atoms with van der Waals surface area (Å²) in [5.41, 5.74) is 7.05. The summed E-state index contributed by atoms with van der Waals surface area (Å²) in [5, 5.41) is 0.757. The van der Waals surface area contributed by atoms with Crippen molar-refractivity contribution < 1.29 is 4.74 Å². The van der Waals surface area contributed by atoms with E-state index in [1.807, 2.05) is 25.1 Å². The lowest BCUT2D eigenvalue weighted by Crippen LogP contribution is -2.21. The number of nitrogens with two attached hydrogens (primary N) is 1. The van der Waals surface area contributed by atoms with Crippen molar-refractivity contribution in [3.05, 3.63) is 28.8 Å². The number of benzene rings is 1.